The van der Waals surface area contributed by atoms with Crippen LogP contribution in [-0.4, -0.2) is 22.9 Å². The first-order valence-corrected chi connectivity index (χ1v) is 12.1. The highest BCUT2D eigenvalue weighted by Crippen LogP contribution is 2.25. The molecule has 0 heterocycles. The average molecular weight is 488 g/mol. The Labute approximate surface area is 211 Å². The summed E-state index contributed by atoms with van der Waals surface area (Å²) in [5, 5.41) is 14.8. The van der Waals surface area contributed by atoms with Crippen molar-refractivity contribution in [1.82, 2.24) is 16.1 Å². The highest BCUT2D eigenvalue weighted by atomic mass is 16.5. The Morgan fingerprint density at radius 3 is 2.08 bits per heavy atom. The second-order valence-electron chi connectivity index (χ2n) is 9.20. The van der Waals surface area contributed by atoms with Crippen LogP contribution in [0.4, 0.5) is 0 Å². The molecule has 3 rings (SSSR count). The maximum atomic E-state index is 13.4. The Hall–Kier alpha value is -3.97. The fourth-order valence-electron chi connectivity index (χ4n) is 4.10. The van der Waals surface area contributed by atoms with Gasteiger partial charge in [0, 0.05) is 18.9 Å². The van der Waals surface area contributed by atoms with Gasteiger partial charge in [0.25, 0.3) is 0 Å². The minimum absolute atomic E-state index is 0.138. The van der Waals surface area contributed by atoms with Crippen molar-refractivity contribution in [2.24, 2.45) is 11.8 Å². The minimum atomic E-state index is -0.961. The van der Waals surface area contributed by atoms with Crippen LogP contribution in [0.25, 0.3) is 11.1 Å². The first-order valence-electron chi connectivity index (χ1n) is 12.1. The SMILES string of the molecule is CC(C)C[C@H](CC(=O)NO)C(=O)N[C@@H](C(=O)NCc1ccccc1)c1cccc(-c2ccccc2)c1. The molecule has 3 aromatic carbocycles. The number of carbonyl (C=O) groups excluding carboxylic acids is 3. The van der Waals surface area contributed by atoms with Gasteiger partial charge >= 0.3 is 0 Å². The van der Waals surface area contributed by atoms with Crippen LogP contribution in [0.1, 0.15) is 43.9 Å². The van der Waals surface area contributed by atoms with E-state index < -0.39 is 23.8 Å². The number of nitrogens with one attached hydrogen (secondary N) is 3. The van der Waals surface area contributed by atoms with Crippen LogP contribution in [-0.2, 0) is 20.9 Å². The quantitative estimate of drug-likeness (QED) is 0.238. The van der Waals surface area contributed by atoms with Gasteiger partial charge in [-0.3, -0.25) is 19.6 Å². The molecule has 0 saturated carbocycles. The lowest BCUT2D eigenvalue weighted by atomic mass is 9.92. The molecular formula is C29H33N3O4. The van der Waals surface area contributed by atoms with Gasteiger partial charge in [-0.25, -0.2) is 5.48 Å². The molecule has 7 nitrogen and oxygen atoms in total. The summed E-state index contributed by atoms with van der Waals surface area (Å²) in [7, 11) is 0. The molecule has 7 heteroatoms. The standard InChI is InChI=1S/C29H33N3O4/c1-20(2)16-25(18-26(33)32-36)28(34)31-27(29(35)30-19-21-10-5-3-6-11-21)24-15-9-14-23(17-24)22-12-7-4-8-13-22/h3-15,17,20,25,27,36H,16,18-19H2,1-2H3,(H,30,35)(H,31,34)(H,32,33)/t25-,27-/m1/s1. The number of hydroxylamine groups is 1. The Kier molecular flexibility index (Phi) is 9.77. The zero-order chi connectivity index (χ0) is 25.9. The van der Waals surface area contributed by atoms with E-state index in [1.807, 2.05) is 92.7 Å². The van der Waals surface area contributed by atoms with Crippen molar-refractivity contribution < 1.29 is 19.6 Å². The van der Waals surface area contributed by atoms with E-state index in [1.54, 1.807) is 11.5 Å². The van der Waals surface area contributed by atoms with Gasteiger partial charge in [0.2, 0.25) is 17.7 Å². The van der Waals surface area contributed by atoms with Crippen molar-refractivity contribution in [2.45, 2.75) is 39.3 Å². The second kappa shape index (κ2) is 13.2. The third-order valence-electron chi connectivity index (χ3n) is 5.87. The van der Waals surface area contributed by atoms with Gasteiger partial charge in [-0.2, -0.15) is 0 Å². The van der Waals surface area contributed by atoms with Crippen molar-refractivity contribution in [3.05, 3.63) is 96.1 Å². The summed E-state index contributed by atoms with van der Waals surface area (Å²) >= 11 is 0. The Morgan fingerprint density at radius 1 is 0.806 bits per heavy atom. The molecule has 0 aliphatic heterocycles. The normalized spacial score (nSPS) is 12.4. The van der Waals surface area contributed by atoms with E-state index in [2.05, 4.69) is 10.6 Å². The van der Waals surface area contributed by atoms with E-state index in [0.29, 0.717) is 18.5 Å². The van der Waals surface area contributed by atoms with Crippen molar-refractivity contribution in [3.8, 4) is 11.1 Å². The van der Waals surface area contributed by atoms with E-state index in [0.717, 1.165) is 16.7 Å². The summed E-state index contributed by atoms with van der Waals surface area (Å²) in [5.41, 5.74) is 5.07. The largest absolute Gasteiger partial charge is 0.350 e. The van der Waals surface area contributed by atoms with Gasteiger partial charge in [0.05, 0.1) is 0 Å². The zero-order valence-electron chi connectivity index (χ0n) is 20.6. The fraction of sp³-hybridized carbons (Fsp3) is 0.276. The smallest absolute Gasteiger partial charge is 0.247 e. The van der Waals surface area contributed by atoms with Gasteiger partial charge in [-0.05, 0) is 40.7 Å². The van der Waals surface area contributed by atoms with E-state index in [9.17, 15) is 14.4 Å². The highest BCUT2D eigenvalue weighted by molar-refractivity contribution is 5.91. The summed E-state index contributed by atoms with van der Waals surface area (Å²) in [6, 6.07) is 25.8. The summed E-state index contributed by atoms with van der Waals surface area (Å²) < 4.78 is 0. The van der Waals surface area contributed by atoms with Crippen molar-refractivity contribution in [3.63, 3.8) is 0 Å². The van der Waals surface area contributed by atoms with E-state index in [-0.39, 0.29) is 18.2 Å². The zero-order valence-corrected chi connectivity index (χ0v) is 20.6. The molecular weight excluding hydrogens is 454 g/mol. The lowest BCUT2D eigenvalue weighted by Gasteiger charge is -2.24. The van der Waals surface area contributed by atoms with E-state index in [1.165, 1.54) is 0 Å². The molecule has 4 N–H and O–H groups in total. The van der Waals surface area contributed by atoms with Crippen LogP contribution >= 0.6 is 0 Å². The Morgan fingerprint density at radius 2 is 1.44 bits per heavy atom. The van der Waals surface area contributed by atoms with Gasteiger partial charge in [-0.15, -0.1) is 0 Å². The van der Waals surface area contributed by atoms with Gasteiger partial charge < -0.3 is 10.6 Å². The minimum Gasteiger partial charge on any atom is -0.350 e. The molecule has 3 aromatic rings. The number of rotatable bonds is 11. The Balaban J connectivity index is 1.88. The number of amides is 3. The lowest BCUT2D eigenvalue weighted by molar-refractivity contribution is -0.136. The molecule has 0 radical (unpaired) electrons. The topological polar surface area (TPSA) is 108 Å². The third-order valence-corrected chi connectivity index (χ3v) is 5.87. The van der Waals surface area contributed by atoms with Crippen LogP contribution < -0.4 is 16.1 Å². The second-order valence-corrected chi connectivity index (χ2v) is 9.20. The number of hydrogen-bond donors (Lipinski definition) is 4. The number of hydrogen-bond acceptors (Lipinski definition) is 4. The predicted octanol–water partition coefficient (Wildman–Crippen LogP) is 4.39. The highest BCUT2D eigenvalue weighted by Gasteiger charge is 2.29. The van der Waals surface area contributed by atoms with Gasteiger partial charge in [-0.1, -0.05) is 92.7 Å². The summed E-state index contributed by atoms with van der Waals surface area (Å²) in [6.07, 6.45) is 0.255. The van der Waals surface area contributed by atoms with Crippen molar-refractivity contribution in [1.29, 1.82) is 0 Å². The van der Waals surface area contributed by atoms with Crippen LogP contribution in [0.5, 0.6) is 0 Å². The molecule has 36 heavy (non-hydrogen) atoms. The molecule has 0 unspecified atom stereocenters. The van der Waals surface area contributed by atoms with Crippen LogP contribution in [0.15, 0.2) is 84.9 Å². The molecule has 0 bridgehead atoms. The summed E-state index contributed by atoms with van der Waals surface area (Å²) in [4.78, 5) is 38.5. The number of benzene rings is 3. The summed E-state index contributed by atoms with van der Waals surface area (Å²) in [5.74, 6) is -1.98. The molecule has 0 spiro atoms. The van der Waals surface area contributed by atoms with Crippen LogP contribution in [0, 0.1) is 11.8 Å². The average Bonchev–Trinajstić information content (AvgIpc) is 2.90. The van der Waals surface area contributed by atoms with E-state index >= 15 is 0 Å². The molecule has 0 aliphatic rings. The molecule has 0 aromatic heterocycles. The Bertz CT molecular complexity index is 1150. The van der Waals surface area contributed by atoms with Gasteiger partial charge in [0.15, 0.2) is 0 Å². The molecule has 0 saturated heterocycles. The van der Waals surface area contributed by atoms with Crippen LogP contribution in [0.3, 0.4) is 0 Å². The molecule has 0 aliphatic carbocycles. The number of carbonyl (C=O) groups is 3. The first kappa shape index (κ1) is 26.6. The van der Waals surface area contributed by atoms with Crippen LogP contribution in [0.2, 0.25) is 0 Å². The fourth-order valence-corrected chi connectivity index (χ4v) is 4.10. The molecule has 2 atom stereocenters. The molecule has 3 amide bonds. The lowest BCUT2D eigenvalue weighted by Crippen LogP contribution is -2.43. The van der Waals surface area contributed by atoms with E-state index in [4.69, 9.17) is 5.21 Å². The molecule has 188 valence electrons. The molecule has 0 fully saturated rings. The maximum Gasteiger partial charge on any atom is 0.247 e. The van der Waals surface area contributed by atoms with Crippen molar-refractivity contribution >= 4 is 17.7 Å². The summed E-state index contributed by atoms with van der Waals surface area (Å²) in [6.45, 7) is 4.21. The maximum absolute atomic E-state index is 13.4. The first-order chi connectivity index (χ1) is 17.4. The predicted molar refractivity (Wildman–Crippen MR) is 139 cm³/mol. The monoisotopic (exact) mass is 487 g/mol. The van der Waals surface area contributed by atoms with Gasteiger partial charge in [0.1, 0.15) is 6.04 Å². The van der Waals surface area contributed by atoms with Crippen molar-refractivity contribution in [2.75, 3.05) is 0 Å². The third kappa shape index (κ3) is 7.78.